The molecule has 1 saturated carbocycles. The van der Waals surface area contributed by atoms with Crippen LogP contribution in [0.3, 0.4) is 0 Å². The topological polar surface area (TPSA) is 182 Å². The molecule has 1 fully saturated rings. The first-order valence-corrected chi connectivity index (χ1v) is 13.8. The summed E-state index contributed by atoms with van der Waals surface area (Å²) in [6, 6.07) is 11.5. The number of rotatable bonds is 3. The predicted molar refractivity (Wildman–Crippen MR) is 151 cm³/mol. The number of benzene rings is 2. The molecule has 0 bridgehead atoms. The van der Waals surface area contributed by atoms with E-state index in [1.807, 2.05) is 30.3 Å². The maximum absolute atomic E-state index is 14.1. The van der Waals surface area contributed by atoms with Gasteiger partial charge in [0.1, 0.15) is 22.8 Å². The van der Waals surface area contributed by atoms with Crippen molar-refractivity contribution in [3.05, 3.63) is 70.5 Å². The van der Waals surface area contributed by atoms with Crippen LogP contribution in [-0.4, -0.2) is 79.7 Å². The van der Waals surface area contributed by atoms with E-state index in [1.54, 1.807) is 13.0 Å². The van der Waals surface area contributed by atoms with Gasteiger partial charge >= 0.3 is 0 Å². The van der Waals surface area contributed by atoms with Gasteiger partial charge in [-0.25, -0.2) is 0 Å². The number of carbonyl (C=O) groups excluding carboxylic acids is 3. The number of aliphatic hydroxyl groups excluding tert-OH is 3. The SMILES string of the molecule is C[C@@H]1c2c(-c3cc4ccccc4s3)ccc(O)c2C(O)=C2C(=O)[C@@]3(O)C(O)=C(C(N)=O)C(=O)[C@H](N(C)C)[C@H]3[C@H](O)[C@H]21. The number of aromatic hydroxyl groups is 1. The maximum Gasteiger partial charge on any atom is 0.255 e. The van der Waals surface area contributed by atoms with Gasteiger partial charge in [0.15, 0.2) is 11.4 Å². The van der Waals surface area contributed by atoms with Gasteiger partial charge in [0, 0.05) is 21.1 Å². The normalized spacial score (nSPS) is 29.6. The molecule has 212 valence electrons. The average Bonchev–Trinajstić information content (AvgIpc) is 3.34. The molecule has 0 radical (unpaired) electrons. The number of primary amides is 1. The molecule has 1 aromatic heterocycles. The Labute approximate surface area is 238 Å². The molecule has 0 unspecified atom stereocenters. The van der Waals surface area contributed by atoms with Crippen molar-refractivity contribution in [1.82, 2.24) is 4.90 Å². The van der Waals surface area contributed by atoms with Crippen molar-refractivity contribution in [3.63, 3.8) is 0 Å². The van der Waals surface area contributed by atoms with Gasteiger partial charge < -0.3 is 31.3 Å². The number of carbonyl (C=O) groups is 3. The van der Waals surface area contributed by atoms with E-state index in [1.165, 1.54) is 36.4 Å². The molecular weight excluding hydrogens is 548 g/mol. The van der Waals surface area contributed by atoms with Gasteiger partial charge in [-0.3, -0.25) is 19.3 Å². The molecule has 0 spiro atoms. The average molecular weight is 577 g/mol. The summed E-state index contributed by atoms with van der Waals surface area (Å²) in [5.41, 5.74) is 2.20. The highest BCUT2D eigenvalue weighted by atomic mass is 32.1. The third-order valence-corrected chi connectivity index (χ3v) is 9.95. The maximum atomic E-state index is 14.1. The van der Waals surface area contributed by atoms with Crippen molar-refractivity contribution in [2.24, 2.45) is 17.6 Å². The summed E-state index contributed by atoms with van der Waals surface area (Å²) in [5.74, 6) is -9.15. The Hall–Kier alpha value is -4.03. The molecule has 10 nitrogen and oxygen atoms in total. The van der Waals surface area contributed by atoms with E-state index in [2.05, 4.69) is 0 Å². The first-order valence-electron chi connectivity index (χ1n) is 13.0. The van der Waals surface area contributed by atoms with Gasteiger partial charge in [0.25, 0.3) is 5.91 Å². The Morgan fingerprint density at radius 2 is 1.76 bits per heavy atom. The fraction of sp³-hybridized carbons (Fsp3) is 0.300. The zero-order valence-corrected chi connectivity index (χ0v) is 23.1. The zero-order valence-electron chi connectivity index (χ0n) is 22.3. The summed E-state index contributed by atoms with van der Waals surface area (Å²) < 4.78 is 1.02. The van der Waals surface area contributed by atoms with Crippen molar-refractivity contribution in [2.75, 3.05) is 14.1 Å². The van der Waals surface area contributed by atoms with Crippen LogP contribution in [0.5, 0.6) is 5.75 Å². The van der Waals surface area contributed by atoms with E-state index in [4.69, 9.17) is 5.73 Å². The van der Waals surface area contributed by atoms with E-state index in [9.17, 15) is 39.9 Å². The number of thiophene rings is 1. The van der Waals surface area contributed by atoms with Crippen LogP contribution >= 0.6 is 11.3 Å². The molecule has 1 amide bonds. The molecule has 0 aliphatic heterocycles. The molecule has 41 heavy (non-hydrogen) atoms. The molecule has 1 heterocycles. The molecule has 6 atom stereocenters. The summed E-state index contributed by atoms with van der Waals surface area (Å²) in [7, 11) is 2.95. The van der Waals surface area contributed by atoms with Crippen LogP contribution in [0.2, 0.25) is 0 Å². The lowest BCUT2D eigenvalue weighted by Crippen LogP contribution is -2.70. The smallest absolute Gasteiger partial charge is 0.255 e. The van der Waals surface area contributed by atoms with Gasteiger partial charge in [0.2, 0.25) is 5.78 Å². The molecule has 0 saturated heterocycles. The highest BCUT2D eigenvalue weighted by molar-refractivity contribution is 7.22. The van der Waals surface area contributed by atoms with Crippen LogP contribution in [-0.2, 0) is 14.4 Å². The molecule has 7 N–H and O–H groups in total. The summed E-state index contributed by atoms with van der Waals surface area (Å²) in [5, 5.41) is 58.2. The number of likely N-dealkylation sites (N-methyl/N-ethyl adjacent to an activating group) is 1. The summed E-state index contributed by atoms with van der Waals surface area (Å²) in [6.07, 6.45) is -1.65. The fourth-order valence-corrected chi connectivity index (χ4v) is 8.13. The first kappa shape index (κ1) is 27.2. The number of nitrogens with two attached hydrogens (primary N) is 1. The Kier molecular flexibility index (Phi) is 5.95. The number of ketones is 2. The Bertz CT molecular complexity index is 1720. The van der Waals surface area contributed by atoms with Crippen LogP contribution in [0.15, 0.2) is 59.4 Å². The fourth-order valence-electron chi connectivity index (χ4n) is 7.03. The van der Waals surface area contributed by atoms with Gasteiger partial charge in [0.05, 0.1) is 23.6 Å². The standard InChI is InChI=1S/C30H28N2O8S/c1-11-17-13(16-10-12-6-4-5-7-15(12)41-16)8-9-14(33)19(17)24(34)20-18(11)25(35)22-23(32(2)3)26(36)21(29(31)39)28(38)30(22,40)27(20)37/h4-11,18,22-23,25,33-35,38,40H,1-3H3,(H2,31,39)/t11-,18+,22+,23-,25-,30-/m1/s1. The number of aliphatic hydroxyl groups is 4. The third kappa shape index (κ3) is 3.43. The number of phenolic OH excluding ortho intramolecular Hbond substituents is 1. The van der Waals surface area contributed by atoms with Crippen LogP contribution in [0.4, 0.5) is 0 Å². The van der Waals surface area contributed by atoms with Gasteiger partial charge in [-0.05, 0) is 60.8 Å². The minimum absolute atomic E-state index is 0.0315. The first-order chi connectivity index (χ1) is 19.3. The molecule has 3 aliphatic carbocycles. The van der Waals surface area contributed by atoms with Crippen LogP contribution in [0, 0.1) is 11.8 Å². The van der Waals surface area contributed by atoms with Crippen molar-refractivity contribution < 1.29 is 39.9 Å². The number of fused-ring (bicyclic) bond motifs is 4. The highest BCUT2D eigenvalue weighted by Crippen LogP contribution is 2.57. The van der Waals surface area contributed by atoms with E-state index in [0.717, 1.165) is 15.0 Å². The van der Waals surface area contributed by atoms with E-state index in [0.29, 0.717) is 11.1 Å². The monoisotopic (exact) mass is 576 g/mol. The lowest BCUT2D eigenvalue weighted by molar-refractivity contribution is -0.169. The van der Waals surface area contributed by atoms with Crippen molar-refractivity contribution in [3.8, 4) is 16.2 Å². The lowest BCUT2D eigenvalue weighted by atomic mass is 9.54. The minimum Gasteiger partial charge on any atom is -0.508 e. The number of hydrogen-bond donors (Lipinski definition) is 6. The second-order valence-electron chi connectivity index (χ2n) is 11.1. The van der Waals surface area contributed by atoms with Crippen molar-refractivity contribution >= 4 is 44.7 Å². The van der Waals surface area contributed by atoms with Crippen LogP contribution < -0.4 is 5.73 Å². The van der Waals surface area contributed by atoms with E-state index < -0.39 is 75.6 Å². The third-order valence-electron chi connectivity index (χ3n) is 8.80. The molecule has 6 rings (SSSR count). The molecule has 3 aromatic rings. The largest absolute Gasteiger partial charge is 0.508 e. The van der Waals surface area contributed by atoms with Gasteiger partial charge in [-0.1, -0.05) is 25.1 Å². The number of Topliss-reactive ketones (excluding diaryl/α,β-unsaturated/α-hetero) is 2. The highest BCUT2D eigenvalue weighted by Gasteiger charge is 2.68. The van der Waals surface area contributed by atoms with Gasteiger partial charge in [-0.2, -0.15) is 0 Å². The Balaban J connectivity index is 1.63. The number of nitrogens with zero attached hydrogens (tertiary/aromatic N) is 1. The summed E-state index contributed by atoms with van der Waals surface area (Å²) in [6.45, 7) is 1.73. The van der Waals surface area contributed by atoms with E-state index in [-0.39, 0.29) is 11.3 Å². The zero-order chi connectivity index (χ0) is 29.7. The van der Waals surface area contributed by atoms with Crippen LogP contribution in [0.25, 0.3) is 26.3 Å². The number of amides is 1. The molecular formula is C30H28N2O8S. The van der Waals surface area contributed by atoms with Gasteiger partial charge in [-0.15, -0.1) is 11.3 Å². The van der Waals surface area contributed by atoms with Crippen molar-refractivity contribution in [1.29, 1.82) is 0 Å². The summed E-state index contributed by atoms with van der Waals surface area (Å²) >= 11 is 1.51. The van der Waals surface area contributed by atoms with E-state index >= 15 is 0 Å². The molecule has 2 aromatic carbocycles. The summed E-state index contributed by atoms with van der Waals surface area (Å²) in [4.78, 5) is 41.8. The van der Waals surface area contributed by atoms with Crippen molar-refractivity contribution in [2.45, 2.75) is 30.6 Å². The Morgan fingerprint density at radius 1 is 1.07 bits per heavy atom. The second kappa shape index (κ2) is 8.98. The number of hydrogen-bond acceptors (Lipinski definition) is 10. The Morgan fingerprint density at radius 3 is 2.39 bits per heavy atom. The predicted octanol–water partition coefficient (Wildman–Crippen LogP) is 2.38. The molecule has 3 aliphatic rings. The number of phenols is 1. The lowest BCUT2D eigenvalue weighted by Gasteiger charge is -2.53. The van der Waals surface area contributed by atoms with Crippen LogP contribution in [0.1, 0.15) is 24.0 Å². The quantitative estimate of drug-likeness (QED) is 0.255. The molecule has 11 heteroatoms. The second-order valence-corrected chi connectivity index (χ2v) is 12.2. The minimum atomic E-state index is -2.94.